The molecule has 2 aliphatic rings. The lowest BCUT2D eigenvalue weighted by atomic mass is 9.91. The van der Waals surface area contributed by atoms with Gasteiger partial charge >= 0.3 is 5.97 Å². The Hall–Kier alpha value is -0.730. The summed E-state index contributed by atoms with van der Waals surface area (Å²) in [6.45, 7) is 5.08. The van der Waals surface area contributed by atoms with Gasteiger partial charge in [0, 0.05) is 5.92 Å². The smallest absolute Gasteiger partial charge is 0.306 e. The number of hydrogen-bond acceptors (Lipinski definition) is 7. The van der Waals surface area contributed by atoms with E-state index in [4.69, 9.17) is 24.1 Å². The quantitative estimate of drug-likeness (QED) is 0.676. The first-order valence-electron chi connectivity index (χ1n) is 6.83. The zero-order chi connectivity index (χ0) is 14.9. The fourth-order valence-corrected chi connectivity index (χ4v) is 2.72. The second kappa shape index (κ2) is 5.95. The van der Waals surface area contributed by atoms with Crippen LogP contribution in [0, 0.1) is 5.92 Å². The molecular formula is C13H22O7. The molecule has 0 bridgehead atoms. The molecule has 0 aliphatic carbocycles. The van der Waals surface area contributed by atoms with Crippen LogP contribution in [-0.2, 0) is 23.7 Å². The minimum Gasteiger partial charge on any atom is -0.466 e. The Kier molecular flexibility index (Phi) is 4.66. The van der Waals surface area contributed by atoms with Gasteiger partial charge in [0.1, 0.15) is 12.2 Å². The normalized spacial score (nSPS) is 36.6. The minimum absolute atomic E-state index is 0.0518. The Morgan fingerprint density at radius 2 is 2.10 bits per heavy atom. The summed E-state index contributed by atoms with van der Waals surface area (Å²) >= 11 is 0. The van der Waals surface area contributed by atoms with E-state index in [0.29, 0.717) is 0 Å². The molecule has 0 radical (unpaired) electrons. The first-order chi connectivity index (χ1) is 9.38. The molecule has 0 aromatic rings. The molecule has 116 valence electrons. The molecule has 0 amide bonds. The fraction of sp³-hybridized carbons (Fsp3) is 0.923. The Morgan fingerprint density at radius 3 is 2.70 bits per heavy atom. The zero-order valence-corrected chi connectivity index (χ0v) is 11.9. The van der Waals surface area contributed by atoms with Crippen LogP contribution >= 0.6 is 0 Å². The average molecular weight is 290 g/mol. The van der Waals surface area contributed by atoms with Crippen molar-refractivity contribution in [2.75, 3.05) is 13.2 Å². The zero-order valence-electron chi connectivity index (χ0n) is 11.9. The van der Waals surface area contributed by atoms with Gasteiger partial charge in [-0.2, -0.15) is 0 Å². The predicted octanol–water partition coefficient (Wildman–Crippen LogP) is -0.215. The van der Waals surface area contributed by atoms with Crippen LogP contribution in [0.4, 0.5) is 0 Å². The van der Waals surface area contributed by atoms with E-state index in [9.17, 15) is 9.90 Å². The van der Waals surface area contributed by atoms with Gasteiger partial charge in [0.25, 0.3) is 0 Å². The largest absolute Gasteiger partial charge is 0.466 e. The Bertz CT molecular complexity index is 357. The first-order valence-corrected chi connectivity index (χ1v) is 6.83. The number of carbonyl (C=O) groups excluding carboxylic acids is 1. The highest BCUT2D eigenvalue weighted by molar-refractivity contribution is 5.69. The summed E-state index contributed by atoms with van der Waals surface area (Å²) in [6.07, 6.45) is -2.85. The number of rotatable bonds is 5. The lowest BCUT2D eigenvalue weighted by molar-refractivity contribution is -0.222. The van der Waals surface area contributed by atoms with Gasteiger partial charge in [-0.3, -0.25) is 4.79 Å². The molecule has 0 spiro atoms. The molecule has 5 atom stereocenters. The van der Waals surface area contributed by atoms with Gasteiger partial charge in [0.2, 0.25) is 0 Å². The van der Waals surface area contributed by atoms with E-state index >= 15 is 0 Å². The van der Waals surface area contributed by atoms with E-state index in [0.717, 1.165) is 0 Å². The van der Waals surface area contributed by atoms with Crippen molar-refractivity contribution in [1.82, 2.24) is 0 Å². The number of esters is 1. The molecule has 20 heavy (non-hydrogen) atoms. The maximum atomic E-state index is 11.7. The third-order valence-electron chi connectivity index (χ3n) is 3.50. The van der Waals surface area contributed by atoms with Crippen molar-refractivity contribution in [3.63, 3.8) is 0 Å². The second-order valence-corrected chi connectivity index (χ2v) is 5.49. The number of aliphatic hydroxyl groups is 2. The molecule has 7 heteroatoms. The summed E-state index contributed by atoms with van der Waals surface area (Å²) in [5, 5.41) is 18.9. The highest BCUT2D eigenvalue weighted by Gasteiger charge is 2.56. The number of hydrogen-bond donors (Lipinski definition) is 2. The molecule has 2 fully saturated rings. The summed E-state index contributed by atoms with van der Waals surface area (Å²) in [4.78, 5) is 11.7. The van der Waals surface area contributed by atoms with E-state index in [1.54, 1.807) is 20.8 Å². The summed E-state index contributed by atoms with van der Waals surface area (Å²) in [5.74, 6) is -1.59. The SMILES string of the molecule is CCOC(=O)C[C@@H]1[C@H]([C@H](O)CO)O[C@@H]2OC(C)(C)O[C@@H]21. The van der Waals surface area contributed by atoms with Crippen LogP contribution in [0.1, 0.15) is 27.2 Å². The summed E-state index contributed by atoms with van der Waals surface area (Å²) in [6, 6.07) is 0. The third-order valence-corrected chi connectivity index (χ3v) is 3.50. The fourth-order valence-electron chi connectivity index (χ4n) is 2.72. The summed E-state index contributed by atoms with van der Waals surface area (Å²) in [7, 11) is 0. The van der Waals surface area contributed by atoms with Crippen molar-refractivity contribution < 1.29 is 34.0 Å². The molecule has 2 aliphatic heterocycles. The minimum atomic E-state index is -1.09. The lowest BCUT2D eigenvalue weighted by Crippen LogP contribution is -2.40. The number of aliphatic hydroxyl groups excluding tert-OH is 2. The van der Waals surface area contributed by atoms with E-state index in [1.165, 1.54) is 0 Å². The number of ether oxygens (including phenoxy) is 4. The van der Waals surface area contributed by atoms with Gasteiger partial charge in [-0.25, -0.2) is 0 Å². The van der Waals surface area contributed by atoms with Gasteiger partial charge in [0.05, 0.1) is 25.7 Å². The van der Waals surface area contributed by atoms with Crippen molar-refractivity contribution >= 4 is 5.97 Å². The number of fused-ring (bicyclic) bond motifs is 1. The monoisotopic (exact) mass is 290 g/mol. The maximum absolute atomic E-state index is 11.7. The van der Waals surface area contributed by atoms with Crippen molar-refractivity contribution in [1.29, 1.82) is 0 Å². The molecule has 0 aromatic heterocycles. The highest BCUT2D eigenvalue weighted by Crippen LogP contribution is 2.43. The Balaban J connectivity index is 2.10. The van der Waals surface area contributed by atoms with Crippen molar-refractivity contribution in [3.8, 4) is 0 Å². The van der Waals surface area contributed by atoms with Crippen LogP contribution in [0.15, 0.2) is 0 Å². The van der Waals surface area contributed by atoms with Gasteiger partial charge in [-0.1, -0.05) is 0 Å². The van der Waals surface area contributed by atoms with E-state index in [1.807, 2.05) is 0 Å². The van der Waals surface area contributed by atoms with Gasteiger partial charge in [-0.05, 0) is 20.8 Å². The Labute approximate surface area is 117 Å². The van der Waals surface area contributed by atoms with Crippen LogP contribution < -0.4 is 0 Å². The predicted molar refractivity (Wildman–Crippen MR) is 66.5 cm³/mol. The Morgan fingerprint density at radius 1 is 1.40 bits per heavy atom. The molecule has 2 rings (SSSR count). The number of carbonyl (C=O) groups is 1. The molecular weight excluding hydrogens is 268 g/mol. The van der Waals surface area contributed by atoms with Crippen molar-refractivity contribution in [2.45, 2.75) is 57.6 Å². The van der Waals surface area contributed by atoms with E-state index in [2.05, 4.69) is 0 Å². The summed E-state index contributed by atoms with van der Waals surface area (Å²) < 4.78 is 21.9. The van der Waals surface area contributed by atoms with Crippen LogP contribution in [0.25, 0.3) is 0 Å². The third kappa shape index (κ3) is 3.12. The molecule has 0 aromatic carbocycles. The first kappa shape index (κ1) is 15.7. The van der Waals surface area contributed by atoms with Crippen molar-refractivity contribution in [3.05, 3.63) is 0 Å². The van der Waals surface area contributed by atoms with Crippen LogP contribution in [0.3, 0.4) is 0 Å². The molecule has 2 heterocycles. The molecule has 0 saturated carbocycles. The van der Waals surface area contributed by atoms with Crippen LogP contribution in [0.5, 0.6) is 0 Å². The van der Waals surface area contributed by atoms with Crippen LogP contribution in [0.2, 0.25) is 0 Å². The molecule has 2 saturated heterocycles. The van der Waals surface area contributed by atoms with Gasteiger partial charge in [-0.15, -0.1) is 0 Å². The van der Waals surface area contributed by atoms with E-state index < -0.39 is 42.9 Å². The highest BCUT2D eigenvalue weighted by atomic mass is 16.8. The summed E-state index contributed by atoms with van der Waals surface area (Å²) in [5.41, 5.74) is 0. The van der Waals surface area contributed by atoms with E-state index in [-0.39, 0.29) is 19.0 Å². The van der Waals surface area contributed by atoms with Gasteiger partial charge in [0.15, 0.2) is 12.1 Å². The maximum Gasteiger partial charge on any atom is 0.306 e. The second-order valence-electron chi connectivity index (χ2n) is 5.49. The average Bonchev–Trinajstić information content (AvgIpc) is 2.82. The topological polar surface area (TPSA) is 94.5 Å². The lowest BCUT2D eigenvalue weighted by Gasteiger charge is -2.27. The molecule has 0 unspecified atom stereocenters. The van der Waals surface area contributed by atoms with Crippen molar-refractivity contribution in [2.24, 2.45) is 5.92 Å². The molecule has 7 nitrogen and oxygen atoms in total. The standard InChI is InChI=1S/C13H22O7/c1-4-17-9(16)5-7-10(8(15)6-14)18-12-11(7)19-13(2,3)20-12/h7-8,10-12,14-15H,4-6H2,1-3H3/t7-,8-,10-,11-,12-/m1/s1. The van der Waals surface area contributed by atoms with Crippen LogP contribution in [-0.4, -0.2) is 59.8 Å². The van der Waals surface area contributed by atoms with Gasteiger partial charge < -0.3 is 29.2 Å². The molecule has 2 N–H and O–H groups in total.